The fourth-order valence-corrected chi connectivity index (χ4v) is 4.42. The van der Waals surface area contributed by atoms with Crippen LogP contribution in [0.25, 0.3) is 0 Å². The Balaban J connectivity index is 2.08. The molecule has 6 nitrogen and oxygen atoms in total. The van der Waals surface area contributed by atoms with Crippen molar-refractivity contribution in [1.82, 2.24) is 0 Å². The van der Waals surface area contributed by atoms with E-state index < -0.39 is 11.8 Å². The average molecular weight is 414 g/mol. The molecule has 1 aliphatic carbocycles. The lowest BCUT2D eigenvalue weighted by atomic mass is 9.71. The van der Waals surface area contributed by atoms with E-state index in [2.05, 4.69) is 11.9 Å². The standard InChI is InChI=1S/C24H31NO5/c1-5-6-7-14-30-24(27)20-15(2)25-17-11-9-12-18(26)22(17)21(20)16-10-8-13-19(28-3)23(16)29-4/h8,10,13,20-21H,5-7,9,11-12,14H2,1-4H3/t20?,21-/m1/s1. The van der Waals surface area contributed by atoms with Crippen LogP contribution in [0.5, 0.6) is 11.5 Å². The topological polar surface area (TPSA) is 74.2 Å². The molecule has 0 radical (unpaired) electrons. The molecule has 2 aliphatic rings. The number of allylic oxidation sites excluding steroid dienone is 2. The number of hydrogen-bond donors (Lipinski definition) is 0. The maximum Gasteiger partial charge on any atom is 0.315 e. The Morgan fingerprint density at radius 3 is 2.67 bits per heavy atom. The van der Waals surface area contributed by atoms with Gasteiger partial charge in [0.25, 0.3) is 0 Å². The molecule has 3 rings (SSSR count). The monoisotopic (exact) mass is 413 g/mol. The van der Waals surface area contributed by atoms with E-state index in [0.717, 1.165) is 43.4 Å². The van der Waals surface area contributed by atoms with Crippen LogP contribution >= 0.6 is 0 Å². The predicted octanol–water partition coefficient (Wildman–Crippen LogP) is 4.62. The summed E-state index contributed by atoms with van der Waals surface area (Å²) < 4.78 is 16.8. The van der Waals surface area contributed by atoms with Gasteiger partial charge in [0.05, 0.1) is 20.8 Å². The number of para-hydroxylation sites is 1. The first-order valence-corrected chi connectivity index (χ1v) is 10.7. The van der Waals surface area contributed by atoms with Gasteiger partial charge in [0.1, 0.15) is 5.92 Å². The lowest BCUT2D eigenvalue weighted by Gasteiger charge is -2.35. The number of rotatable bonds is 8. The number of carbonyl (C=O) groups excluding carboxylic acids is 2. The van der Waals surface area contributed by atoms with Crippen LogP contribution in [0.15, 0.2) is 34.5 Å². The van der Waals surface area contributed by atoms with Crippen molar-refractivity contribution >= 4 is 17.5 Å². The molecule has 0 amide bonds. The second kappa shape index (κ2) is 9.92. The number of ketones is 1. The molecule has 2 atom stereocenters. The molecule has 30 heavy (non-hydrogen) atoms. The average Bonchev–Trinajstić information content (AvgIpc) is 2.75. The molecule has 0 N–H and O–H groups in total. The molecule has 6 heteroatoms. The highest BCUT2D eigenvalue weighted by Gasteiger charge is 2.44. The number of nitrogens with zero attached hydrogens (tertiary/aromatic N) is 1. The van der Waals surface area contributed by atoms with Crippen LogP contribution < -0.4 is 9.47 Å². The summed E-state index contributed by atoms with van der Waals surface area (Å²) in [5.41, 5.74) is 2.84. The van der Waals surface area contributed by atoms with Crippen LogP contribution in [0.1, 0.15) is 63.9 Å². The highest BCUT2D eigenvalue weighted by atomic mass is 16.5. The lowest BCUT2D eigenvalue weighted by molar-refractivity contribution is -0.146. The Morgan fingerprint density at radius 2 is 1.97 bits per heavy atom. The zero-order valence-electron chi connectivity index (χ0n) is 18.3. The van der Waals surface area contributed by atoms with Crippen molar-refractivity contribution in [2.24, 2.45) is 10.9 Å². The molecule has 1 aliphatic heterocycles. The molecule has 1 aromatic carbocycles. The molecule has 1 heterocycles. The minimum absolute atomic E-state index is 0.0474. The summed E-state index contributed by atoms with van der Waals surface area (Å²) in [5.74, 6) is -0.342. The van der Waals surface area contributed by atoms with Crippen molar-refractivity contribution in [1.29, 1.82) is 0 Å². The third kappa shape index (κ3) is 4.27. The first kappa shape index (κ1) is 22.1. The number of carbonyl (C=O) groups is 2. The Morgan fingerprint density at radius 1 is 1.17 bits per heavy atom. The number of methoxy groups -OCH3 is 2. The summed E-state index contributed by atoms with van der Waals surface area (Å²) in [6.45, 7) is 4.33. The fourth-order valence-electron chi connectivity index (χ4n) is 4.42. The zero-order valence-corrected chi connectivity index (χ0v) is 18.3. The third-order valence-corrected chi connectivity index (χ3v) is 5.85. The molecular formula is C24H31NO5. The zero-order chi connectivity index (χ0) is 21.7. The van der Waals surface area contributed by atoms with E-state index in [0.29, 0.717) is 35.8 Å². The van der Waals surface area contributed by atoms with Crippen LogP contribution in [0, 0.1) is 5.92 Å². The van der Waals surface area contributed by atoms with Gasteiger partial charge in [-0.3, -0.25) is 14.6 Å². The van der Waals surface area contributed by atoms with E-state index in [4.69, 9.17) is 14.2 Å². The SMILES string of the molecule is CCCCCOC(=O)C1C(C)=NC2=C(C(=O)CCC2)[C@@H]1c1cccc(OC)c1OC. The van der Waals surface area contributed by atoms with E-state index in [-0.39, 0.29) is 11.8 Å². The van der Waals surface area contributed by atoms with Gasteiger partial charge in [0, 0.05) is 34.9 Å². The van der Waals surface area contributed by atoms with Crippen molar-refractivity contribution in [3.05, 3.63) is 35.0 Å². The van der Waals surface area contributed by atoms with Gasteiger partial charge >= 0.3 is 5.97 Å². The molecule has 1 aromatic rings. The number of Topliss-reactive ketones (excluding diaryl/α,β-unsaturated/α-hetero) is 1. The molecule has 0 saturated carbocycles. The first-order valence-electron chi connectivity index (χ1n) is 10.7. The number of benzene rings is 1. The highest BCUT2D eigenvalue weighted by molar-refractivity contribution is 6.09. The Bertz CT molecular complexity index is 870. The largest absolute Gasteiger partial charge is 0.493 e. The lowest BCUT2D eigenvalue weighted by Crippen LogP contribution is -2.37. The maximum absolute atomic E-state index is 13.2. The van der Waals surface area contributed by atoms with Crippen LogP contribution in [0.2, 0.25) is 0 Å². The molecule has 0 bridgehead atoms. The van der Waals surface area contributed by atoms with Crippen LogP contribution in [0.3, 0.4) is 0 Å². The molecule has 0 spiro atoms. The number of hydrogen-bond acceptors (Lipinski definition) is 6. The molecule has 1 unspecified atom stereocenters. The summed E-state index contributed by atoms with van der Waals surface area (Å²) in [5, 5.41) is 0. The van der Waals surface area contributed by atoms with Gasteiger partial charge < -0.3 is 14.2 Å². The van der Waals surface area contributed by atoms with Crippen LogP contribution in [-0.2, 0) is 14.3 Å². The second-order valence-corrected chi connectivity index (χ2v) is 7.80. The summed E-state index contributed by atoms with van der Waals surface area (Å²) in [4.78, 5) is 30.8. The maximum atomic E-state index is 13.2. The molecule has 0 aromatic heterocycles. The number of ether oxygens (including phenoxy) is 3. The summed E-state index contributed by atoms with van der Waals surface area (Å²) in [7, 11) is 3.15. The van der Waals surface area contributed by atoms with Gasteiger partial charge in [-0.2, -0.15) is 0 Å². The number of esters is 1. The summed E-state index contributed by atoms with van der Waals surface area (Å²) in [6, 6.07) is 5.56. The first-order chi connectivity index (χ1) is 14.5. The fraction of sp³-hybridized carbons (Fsp3) is 0.542. The number of aliphatic imine (C=N–C) groups is 1. The van der Waals surface area contributed by atoms with Gasteiger partial charge in [-0.1, -0.05) is 31.9 Å². The minimum atomic E-state index is -0.659. The van der Waals surface area contributed by atoms with Gasteiger partial charge in [-0.05, 0) is 32.3 Å². The smallest absolute Gasteiger partial charge is 0.315 e. The van der Waals surface area contributed by atoms with Gasteiger partial charge in [-0.15, -0.1) is 0 Å². The normalized spacial score (nSPS) is 21.1. The van der Waals surface area contributed by atoms with Gasteiger partial charge in [0.2, 0.25) is 0 Å². The van der Waals surface area contributed by atoms with Gasteiger partial charge in [0.15, 0.2) is 17.3 Å². The van der Waals surface area contributed by atoms with Crippen molar-refractivity contribution in [3.8, 4) is 11.5 Å². The van der Waals surface area contributed by atoms with Crippen molar-refractivity contribution in [2.45, 2.75) is 58.3 Å². The van der Waals surface area contributed by atoms with Crippen molar-refractivity contribution in [2.75, 3.05) is 20.8 Å². The van der Waals surface area contributed by atoms with E-state index in [1.807, 2.05) is 25.1 Å². The highest BCUT2D eigenvalue weighted by Crippen LogP contribution is 2.48. The van der Waals surface area contributed by atoms with E-state index >= 15 is 0 Å². The van der Waals surface area contributed by atoms with Crippen LogP contribution in [0.4, 0.5) is 0 Å². The quantitative estimate of drug-likeness (QED) is 0.459. The van der Waals surface area contributed by atoms with E-state index in [1.54, 1.807) is 14.2 Å². The Kier molecular flexibility index (Phi) is 7.29. The second-order valence-electron chi connectivity index (χ2n) is 7.80. The third-order valence-electron chi connectivity index (χ3n) is 5.85. The minimum Gasteiger partial charge on any atom is -0.493 e. The summed E-state index contributed by atoms with van der Waals surface area (Å²) in [6.07, 6.45) is 4.86. The predicted molar refractivity (Wildman–Crippen MR) is 115 cm³/mol. The Labute approximate surface area is 178 Å². The van der Waals surface area contributed by atoms with E-state index in [1.165, 1.54) is 0 Å². The molecule has 162 valence electrons. The van der Waals surface area contributed by atoms with Crippen molar-refractivity contribution in [3.63, 3.8) is 0 Å². The summed E-state index contributed by atoms with van der Waals surface area (Å²) >= 11 is 0. The molecular weight excluding hydrogens is 382 g/mol. The van der Waals surface area contributed by atoms with Gasteiger partial charge in [-0.25, -0.2) is 0 Å². The van der Waals surface area contributed by atoms with E-state index in [9.17, 15) is 9.59 Å². The van der Waals surface area contributed by atoms with Crippen LogP contribution in [-0.4, -0.2) is 38.3 Å². The molecule has 0 saturated heterocycles. The molecule has 0 fully saturated rings. The Hall–Kier alpha value is -2.63. The van der Waals surface area contributed by atoms with Crippen molar-refractivity contribution < 1.29 is 23.8 Å². The number of unbranched alkanes of at least 4 members (excludes halogenated alkanes) is 2.